The molecule has 0 aliphatic rings. The van der Waals surface area contributed by atoms with Crippen LogP contribution in [0.25, 0.3) is 0 Å². The number of sulfonamides is 1. The fourth-order valence-electron chi connectivity index (χ4n) is 1.38. The number of amides is 1. The monoisotopic (exact) mass is 382 g/mol. The largest absolute Gasteiger partial charge is 0.351 e. The van der Waals surface area contributed by atoms with Crippen LogP contribution in [0.1, 0.15) is 31.1 Å². The molecule has 5 nitrogen and oxygen atoms in total. The Morgan fingerprint density at radius 1 is 1.40 bits per heavy atom. The minimum atomic E-state index is -4.00. The van der Waals surface area contributed by atoms with Gasteiger partial charge >= 0.3 is 0 Å². The maximum Gasteiger partial charge on any atom is 0.252 e. The first-order valence-electron chi connectivity index (χ1n) is 5.72. The number of nitrogens with one attached hydrogen (secondary N) is 1. The smallest absolute Gasteiger partial charge is 0.252 e. The quantitative estimate of drug-likeness (QED) is 0.840. The number of primary sulfonamides is 1. The molecule has 8 heteroatoms. The van der Waals surface area contributed by atoms with E-state index in [1.165, 1.54) is 12.1 Å². The SMILES string of the molecule is CC(C)(C)CNC(=O)c1cc(Br)cc(S(N)(=O)=O)c1Cl. The van der Waals surface area contributed by atoms with Crippen molar-refractivity contribution in [2.24, 2.45) is 10.6 Å². The van der Waals surface area contributed by atoms with Crippen LogP contribution in [0.3, 0.4) is 0 Å². The summed E-state index contributed by atoms with van der Waals surface area (Å²) in [5.41, 5.74) is -0.0361. The molecule has 0 bridgehead atoms. The van der Waals surface area contributed by atoms with Crippen molar-refractivity contribution in [1.82, 2.24) is 5.32 Å². The van der Waals surface area contributed by atoms with Gasteiger partial charge < -0.3 is 5.32 Å². The molecule has 1 aromatic rings. The molecule has 0 radical (unpaired) electrons. The lowest BCUT2D eigenvalue weighted by Gasteiger charge is -2.19. The van der Waals surface area contributed by atoms with Crippen LogP contribution < -0.4 is 10.5 Å². The highest BCUT2D eigenvalue weighted by molar-refractivity contribution is 9.10. The van der Waals surface area contributed by atoms with E-state index in [2.05, 4.69) is 21.2 Å². The van der Waals surface area contributed by atoms with Crippen LogP contribution in [0.15, 0.2) is 21.5 Å². The van der Waals surface area contributed by atoms with Crippen LogP contribution >= 0.6 is 27.5 Å². The van der Waals surface area contributed by atoms with Gasteiger partial charge in [0.1, 0.15) is 4.90 Å². The zero-order chi connectivity index (χ0) is 15.7. The first kappa shape index (κ1) is 17.4. The molecule has 1 rings (SSSR count). The molecule has 112 valence electrons. The highest BCUT2D eigenvalue weighted by Gasteiger charge is 2.22. The topological polar surface area (TPSA) is 89.3 Å². The fraction of sp³-hybridized carbons (Fsp3) is 0.417. The summed E-state index contributed by atoms with van der Waals surface area (Å²) in [4.78, 5) is 11.8. The second-order valence-electron chi connectivity index (χ2n) is 5.55. The number of nitrogens with two attached hydrogens (primary N) is 1. The van der Waals surface area contributed by atoms with Crippen LogP contribution in [0.4, 0.5) is 0 Å². The summed E-state index contributed by atoms with van der Waals surface area (Å²) in [6.45, 7) is 6.32. The summed E-state index contributed by atoms with van der Waals surface area (Å²) >= 11 is 9.11. The lowest BCUT2D eigenvalue weighted by atomic mass is 9.97. The van der Waals surface area contributed by atoms with Crippen molar-refractivity contribution in [2.75, 3.05) is 6.54 Å². The average molecular weight is 384 g/mol. The highest BCUT2D eigenvalue weighted by atomic mass is 79.9. The van der Waals surface area contributed by atoms with Crippen LogP contribution in [-0.2, 0) is 10.0 Å². The zero-order valence-electron chi connectivity index (χ0n) is 11.3. The molecule has 0 saturated carbocycles. The van der Waals surface area contributed by atoms with Crippen LogP contribution in [0.5, 0.6) is 0 Å². The van der Waals surface area contributed by atoms with Gasteiger partial charge in [-0.15, -0.1) is 0 Å². The second-order valence-corrected chi connectivity index (χ2v) is 8.38. The summed E-state index contributed by atoms with van der Waals surface area (Å²) in [5, 5.41) is 7.60. The molecule has 0 atom stereocenters. The van der Waals surface area contributed by atoms with E-state index in [1.54, 1.807) is 0 Å². The Labute approximate surface area is 132 Å². The van der Waals surface area contributed by atoms with E-state index in [4.69, 9.17) is 16.7 Å². The lowest BCUT2D eigenvalue weighted by Crippen LogP contribution is -2.32. The van der Waals surface area contributed by atoms with Gasteiger partial charge in [-0.1, -0.05) is 48.3 Å². The Morgan fingerprint density at radius 3 is 2.40 bits per heavy atom. The minimum absolute atomic E-state index is 0.0642. The van der Waals surface area contributed by atoms with Gasteiger partial charge in [0, 0.05) is 11.0 Å². The Balaban J connectivity index is 3.20. The maximum atomic E-state index is 12.1. The van der Waals surface area contributed by atoms with E-state index in [0.29, 0.717) is 11.0 Å². The predicted octanol–water partition coefficient (Wildman–Crippen LogP) is 2.53. The van der Waals surface area contributed by atoms with Crippen molar-refractivity contribution in [2.45, 2.75) is 25.7 Å². The summed E-state index contributed by atoms with van der Waals surface area (Å²) in [6.07, 6.45) is 0. The van der Waals surface area contributed by atoms with Gasteiger partial charge in [0.15, 0.2) is 0 Å². The molecular formula is C12H16BrClN2O3S. The predicted molar refractivity (Wildman–Crippen MR) is 82.3 cm³/mol. The fourth-order valence-corrected chi connectivity index (χ4v) is 3.16. The van der Waals surface area contributed by atoms with Gasteiger partial charge in [0.05, 0.1) is 10.6 Å². The average Bonchev–Trinajstić information content (AvgIpc) is 2.26. The molecule has 0 saturated heterocycles. The third-order valence-corrected chi connectivity index (χ3v) is 4.25. The van der Waals surface area contributed by atoms with Crippen molar-refractivity contribution < 1.29 is 13.2 Å². The van der Waals surface area contributed by atoms with Crippen molar-refractivity contribution >= 4 is 43.5 Å². The number of rotatable bonds is 3. The van der Waals surface area contributed by atoms with Crippen molar-refractivity contribution in [3.8, 4) is 0 Å². The standard InChI is InChI=1S/C12H16BrClN2O3S/c1-12(2,3)6-16-11(17)8-4-7(13)5-9(10(8)14)20(15,18)19/h4-5H,6H2,1-3H3,(H,16,17)(H2,15,18,19). The number of carbonyl (C=O) groups is 1. The molecule has 0 fully saturated rings. The van der Waals surface area contributed by atoms with Crippen molar-refractivity contribution in [3.05, 3.63) is 27.2 Å². The van der Waals surface area contributed by atoms with Crippen molar-refractivity contribution in [3.63, 3.8) is 0 Å². The minimum Gasteiger partial charge on any atom is -0.351 e. The Bertz CT molecular complexity index is 639. The third kappa shape index (κ3) is 4.73. The summed E-state index contributed by atoms with van der Waals surface area (Å²) in [7, 11) is -4.00. The number of halogens is 2. The van der Waals surface area contributed by atoms with Crippen LogP contribution in [0, 0.1) is 5.41 Å². The maximum absolute atomic E-state index is 12.1. The van der Waals surface area contributed by atoms with Crippen LogP contribution in [0.2, 0.25) is 5.02 Å². The number of hydrogen-bond donors (Lipinski definition) is 2. The number of carbonyl (C=O) groups excluding carboxylic acids is 1. The van der Waals surface area contributed by atoms with Gasteiger partial charge in [0.2, 0.25) is 10.0 Å². The third-order valence-electron chi connectivity index (χ3n) is 2.33. The van der Waals surface area contributed by atoms with E-state index in [-0.39, 0.29) is 20.9 Å². The zero-order valence-corrected chi connectivity index (χ0v) is 14.5. The summed E-state index contributed by atoms with van der Waals surface area (Å²) in [6, 6.07) is 2.72. The van der Waals surface area contributed by atoms with E-state index < -0.39 is 15.9 Å². The Morgan fingerprint density at radius 2 is 1.95 bits per heavy atom. The lowest BCUT2D eigenvalue weighted by molar-refractivity contribution is 0.0939. The first-order chi connectivity index (χ1) is 8.92. The highest BCUT2D eigenvalue weighted by Crippen LogP contribution is 2.29. The van der Waals surface area contributed by atoms with Crippen molar-refractivity contribution in [1.29, 1.82) is 0 Å². The molecule has 0 heterocycles. The molecule has 0 spiro atoms. The summed E-state index contributed by atoms with van der Waals surface area (Å²) in [5.74, 6) is -0.448. The normalized spacial score (nSPS) is 12.3. The molecule has 1 amide bonds. The molecule has 0 aliphatic carbocycles. The molecular weight excluding hydrogens is 368 g/mol. The van der Waals surface area contributed by atoms with E-state index in [0.717, 1.165) is 0 Å². The van der Waals surface area contributed by atoms with Crippen LogP contribution in [-0.4, -0.2) is 20.9 Å². The molecule has 20 heavy (non-hydrogen) atoms. The Kier molecular flexibility index (Phi) is 5.23. The second kappa shape index (κ2) is 6.01. The van der Waals surface area contributed by atoms with E-state index in [1.807, 2.05) is 20.8 Å². The van der Waals surface area contributed by atoms with E-state index in [9.17, 15) is 13.2 Å². The molecule has 0 unspecified atom stereocenters. The van der Waals surface area contributed by atoms with Gasteiger partial charge in [-0.3, -0.25) is 4.79 Å². The first-order valence-corrected chi connectivity index (χ1v) is 8.43. The molecule has 0 aliphatic heterocycles. The molecule has 0 aromatic heterocycles. The van der Waals surface area contributed by atoms with Gasteiger partial charge in [-0.25, -0.2) is 13.6 Å². The molecule has 1 aromatic carbocycles. The number of hydrogen-bond acceptors (Lipinski definition) is 3. The van der Waals surface area contributed by atoms with E-state index >= 15 is 0 Å². The van der Waals surface area contributed by atoms with Gasteiger partial charge in [0.25, 0.3) is 5.91 Å². The van der Waals surface area contributed by atoms with Gasteiger partial charge in [-0.05, 0) is 17.5 Å². The van der Waals surface area contributed by atoms with Gasteiger partial charge in [-0.2, -0.15) is 0 Å². The Hall–Kier alpha value is -0.630. The number of benzene rings is 1. The molecule has 3 N–H and O–H groups in total. The summed E-state index contributed by atoms with van der Waals surface area (Å²) < 4.78 is 23.3.